The van der Waals surface area contributed by atoms with E-state index in [1.165, 1.54) is 6.07 Å². The van der Waals surface area contributed by atoms with E-state index >= 15 is 0 Å². The number of halogens is 5. The molecule has 0 saturated heterocycles. The third-order valence-electron chi connectivity index (χ3n) is 2.89. The van der Waals surface area contributed by atoms with Crippen LogP contribution >= 0.6 is 11.6 Å². The Bertz CT molecular complexity index is 824. The van der Waals surface area contributed by atoms with Crippen molar-refractivity contribution in [2.45, 2.75) is 6.18 Å². The number of carbonyl (C=O) groups excluding carboxylic acids is 2. The van der Waals surface area contributed by atoms with Gasteiger partial charge < -0.3 is 11.1 Å². The molecule has 0 spiro atoms. The molecule has 2 rings (SSSR count). The number of pyridine rings is 1. The minimum Gasteiger partial charge on any atom is -0.364 e. The molecule has 126 valence electrons. The number of hydrogen-bond donors (Lipinski definition) is 2. The molecule has 0 saturated carbocycles. The minimum absolute atomic E-state index is 0.0170. The second-order valence-electron chi connectivity index (χ2n) is 4.53. The number of anilines is 1. The highest BCUT2D eigenvalue weighted by Gasteiger charge is 2.36. The van der Waals surface area contributed by atoms with Crippen molar-refractivity contribution in [3.8, 4) is 0 Å². The molecule has 1 aromatic heterocycles. The number of alkyl halides is 3. The van der Waals surface area contributed by atoms with Crippen molar-refractivity contribution in [1.29, 1.82) is 0 Å². The molecule has 0 aliphatic heterocycles. The van der Waals surface area contributed by atoms with Gasteiger partial charge in [0.25, 0.3) is 11.8 Å². The van der Waals surface area contributed by atoms with Gasteiger partial charge in [0.2, 0.25) is 0 Å². The van der Waals surface area contributed by atoms with Crippen LogP contribution < -0.4 is 11.1 Å². The number of aromatic nitrogens is 1. The summed E-state index contributed by atoms with van der Waals surface area (Å²) in [4.78, 5) is 26.7. The van der Waals surface area contributed by atoms with Gasteiger partial charge >= 0.3 is 6.18 Å². The molecule has 0 radical (unpaired) electrons. The van der Waals surface area contributed by atoms with E-state index in [0.29, 0.717) is 12.1 Å². The number of rotatable bonds is 3. The topological polar surface area (TPSA) is 85.1 Å². The Hall–Kier alpha value is -2.68. The molecule has 0 unspecified atom stereocenters. The maximum atomic E-state index is 13.8. The fourth-order valence-electron chi connectivity index (χ4n) is 1.82. The molecule has 0 bridgehead atoms. The van der Waals surface area contributed by atoms with E-state index in [4.69, 9.17) is 17.3 Å². The second-order valence-corrected chi connectivity index (χ2v) is 4.91. The molecule has 5 nitrogen and oxygen atoms in total. The summed E-state index contributed by atoms with van der Waals surface area (Å²) >= 11 is 5.53. The summed E-state index contributed by atoms with van der Waals surface area (Å²) in [5.41, 5.74) is 2.50. The van der Waals surface area contributed by atoms with Crippen molar-refractivity contribution in [2.24, 2.45) is 5.73 Å². The van der Waals surface area contributed by atoms with Gasteiger partial charge in [-0.25, -0.2) is 4.39 Å². The minimum atomic E-state index is -4.85. The van der Waals surface area contributed by atoms with Crippen molar-refractivity contribution < 1.29 is 27.2 Å². The maximum absolute atomic E-state index is 13.8. The molecule has 1 aromatic carbocycles. The molecule has 0 atom stereocenters. The van der Waals surface area contributed by atoms with Gasteiger partial charge in [0.05, 0.1) is 16.1 Å². The molecule has 0 fully saturated rings. The van der Waals surface area contributed by atoms with Crippen LogP contribution in [0.1, 0.15) is 26.4 Å². The predicted octanol–water partition coefficient (Wildman–Crippen LogP) is 3.24. The smallest absolute Gasteiger partial charge is 0.364 e. The Morgan fingerprint density at radius 2 is 1.88 bits per heavy atom. The number of hydrogen-bond acceptors (Lipinski definition) is 3. The number of benzene rings is 1. The monoisotopic (exact) mass is 361 g/mol. The highest BCUT2D eigenvalue weighted by molar-refractivity contribution is 6.35. The standard InChI is InChI=1S/C14H8ClF4N3O2/c15-11-7(14(17,18)19)1-2-8(16)10(11)13(24)22-6-3-4-21-9(5-6)12(20)23/h1-5H,(H2,20,23)(H,21,22,24). The number of amides is 2. The van der Waals surface area contributed by atoms with Gasteiger partial charge in [-0.05, 0) is 24.3 Å². The van der Waals surface area contributed by atoms with Crippen LogP contribution in [0.3, 0.4) is 0 Å². The maximum Gasteiger partial charge on any atom is 0.417 e. The SMILES string of the molecule is NC(=O)c1cc(NC(=O)c2c(F)ccc(C(F)(F)F)c2Cl)ccn1. The van der Waals surface area contributed by atoms with Crippen molar-refractivity contribution in [2.75, 3.05) is 5.32 Å². The van der Waals surface area contributed by atoms with E-state index in [9.17, 15) is 27.2 Å². The van der Waals surface area contributed by atoms with Crippen LogP contribution in [-0.2, 0) is 6.18 Å². The zero-order valence-corrected chi connectivity index (χ0v) is 12.4. The molecule has 10 heteroatoms. The zero-order valence-electron chi connectivity index (χ0n) is 11.6. The lowest BCUT2D eigenvalue weighted by Crippen LogP contribution is -2.18. The van der Waals surface area contributed by atoms with E-state index < -0.39 is 40.0 Å². The Morgan fingerprint density at radius 3 is 2.46 bits per heavy atom. The first-order valence-corrected chi connectivity index (χ1v) is 6.61. The van der Waals surface area contributed by atoms with Gasteiger partial charge in [-0.15, -0.1) is 0 Å². The lowest BCUT2D eigenvalue weighted by Gasteiger charge is -2.13. The van der Waals surface area contributed by atoms with E-state index in [1.54, 1.807) is 0 Å². The summed E-state index contributed by atoms with van der Waals surface area (Å²) < 4.78 is 52.2. The van der Waals surface area contributed by atoms with Gasteiger partial charge in [0.15, 0.2) is 0 Å². The fourth-order valence-corrected chi connectivity index (χ4v) is 2.16. The summed E-state index contributed by atoms with van der Waals surface area (Å²) in [6.45, 7) is 0. The first kappa shape index (κ1) is 17.7. The highest BCUT2D eigenvalue weighted by Crippen LogP contribution is 2.37. The first-order valence-electron chi connectivity index (χ1n) is 6.23. The van der Waals surface area contributed by atoms with E-state index in [1.807, 2.05) is 0 Å². The van der Waals surface area contributed by atoms with Crippen LogP contribution in [0.15, 0.2) is 30.5 Å². The zero-order chi connectivity index (χ0) is 18.1. The molecule has 3 N–H and O–H groups in total. The van der Waals surface area contributed by atoms with Crippen molar-refractivity contribution in [1.82, 2.24) is 4.98 Å². The van der Waals surface area contributed by atoms with Crippen molar-refractivity contribution in [3.63, 3.8) is 0 Å². The van der Waals surface area contributed by atoms with E-state index in [0.717, 1.165) is 12.3 Å². The summed E-state index contributed by atoms with van der Waals surface area (Å²) in [6, 6.07) is 3.25. The quantitative estimate of drug-likeness (QED) is 0.823. The van der Waals surface area contributed by atoms with Crippen LogP contribution in [0, 0.1) is 5.82 Å². The number of nitrogens with zero attached hydrogens (tertiary/aromatic N) is 1. The summed E-state index contributed by atoms with van der Waals surface area (Å²) in [5.74, 6) is -3.32. The van der Waals surface area contributed by atoms with Crippen LogP contribution in [0.5, 0.6) is 0 Å². The number of primary amides is 1. The molecule has 24 heavy (non-hydrogen) atoms. The third kappa shape index (κ3) is 3.62. The average Bonchev–Trinajstić information content (AvgIpc) is 2.46. The van der Waals surface area contributed by atoms with Crippen LogP contribution in [-0.4, -0.2) is 16.8 Å². The molecular formula is C14H8ClF4N3O2. The second kappa shape index (κ2) is 6.44. The van der Waals surface area contributed by atoms with Gasteiger partial charge in [-0.3, -0.25) is 14.6 Å². The van der Waals surface area contributed by atoms with E-state index in [-0.39, 0.29) is 11.4 Å². The fraction of sp³-hybridized carbons (Fsp3) is 0.0714. The largest absolute Gasteiger partial charge is 0.417 e. The van der Waals surface area contributed by atoms with Crippen LogP contribution in [0.2, 0.25) is 5.02 Å². The Kier molecular flexibility index (Phi) is 4.74. The summed E-state index contributed by atoms with van der Waals surface area (Å²) in [7, 11) is 0. The number of nitrogens with two attached hydrogens (primary N) is 1. The molecular weight excluding hydrogens is 354 g/mol. The Labute approximate surface area is 137 Å². The van der Waals surface area contributed by atoms with Crippen molar-refractivity contribution in [3.05, 3.63) is 58.1 Å². The Morgan fingerprint density at radius 1 is 1.21 bits per heavy atom. The summed E-state index contributed by atoms with van der Waals surface area (Å²) in [5, 5.41) is 1.07. The Balaban J connectivity index is 2.40. The van der Waals surface area contributed by atoms with Gasteiger partial charge in [-0.2, -0.15) is 13.2 Å². The van der Waals surface area contributed by atoms with E-state index in [2.05, 4.69) is 10.3 Å². The van der Waals surface area contributed by atoms with Gasteiger partial charge in [0.1, 0.15) is 11.5 Å². The third-order valence-corrected chi connectivity index (χ3v) is 3.29. The predicted molar refractivity (Wildman–Crippen MR) is 77.1 cm³/mol. The highest BCUT2D eigenvalue weighted by atomic mass is 35.5. The first-order chi connectivity index (χ1) is 11.1. The number of carbonyl (C=O) groups is 2. The lowest BCUT2D eigenvalue weighted by atomic mass is 10.1. The van der Waals surface area contributed by atoms with Crippen LogP contribution in [0.4, 0.5) is 23.2 Å². The molecule has 2 amide bonds. The van der Waals surface area contributed by atoms with Gasteiger partial charge in [-0.1, -0.05) is 11.6 Å². The molecule has 1 heterocycles. The normalized spacial score (nSPS) is 11.2. The molecule has 2 aromatic rings. The molecule has 0 aliphatic rings. The van der Waals surface area contributed by atoms with Crippen molar-refractivity contribution >= 4 is 29.1 Å². The lowest BCUT2D eigenvalue weighted by molar-refractivity contribution is -0.137. The molecule has 0 aliphatic carbocycles. The van der Waals surface area contributed by atoms with Gasteiger partial charge in [0, 0.05) is 11.9 Å². The summed E-state index contributed by atoms with van der Waals surface area (Å²) in [6.07, 6.45) is -3.71. The average molecular weight is 362 g/mol. The number of nitrogens with one attached hydrogen (secondary N) is 1. The van der Waals surface area contributed by atoms with Crippen LogP contribution in [0.25, 0.3) is 0 Å².